The first-order valence-electron chi connectivity index (χ1n) is 6.94. The maximum Gasteiger partial charge on any atom is 0.0431 e. The standard InChI is InChI=1S/C14H29NOS/c1-14(2,3)12(11-17)10-15-8-4-6-13(15)7-5-9-16/h12-13,16-17H,4-11H2,1-3H3. The van der Waals surface area contributed by atoms with Crippen molar-refractivity contribution in [1.29, 1.82) is 0 Å². The van der Waals surface area contributed by atoms with Gasteiger partial charge in [0.05, 0.1) is 0 Å². The summed E-state index contributed by atoms with van der Waals surface area (Å²) in [5, 5.41) is 8.94. The van der Waals surface area contributed by atoms with Gasteiger partial charge in [0.15, 0.2) is 0 Å². The van der Waals surface area contributed by atoms with Gasteiger partial charge in [-0.2, -0.15) is 12.6 Å². The summed E-state index contributed by atoms with van der Waals surface area (Å²) in [4.78, 5) is 2.63. The van der Waals surface area contributed by atoms with Crippen LogP contribution in [0.1, 0.15) is 46.5 Å². The topological polar surface area (TPSA) is 23.5 Å². The predicted octanol–water partition coefficient (Wildman–Crippen LogP) is 2.82. The summed E-state index contributed by atoms with van der Waals surface area (Å²) in [5.74, 6) is 1.62. The molecule has 1 saturated heterocycles. The van der Waals surface area contributed by atoms with Gasteiger partial charge >= 0.3 is 0 Å². The number of rotatable bonds is 6. The zero-order valence-corrected chi connectivity index (χ0v) is 12.5. The van der Waals surface area contributed by atoms with Crippen LogP contribution in [0.2, 0.25) is 0 Å². The quantitative estimate of drug-likeness (QED) is 0.717. The van der Waals surface area contributed by atoms with Crippen molar-refractivity contribution >= 4 is 12.6 Å². The molecule has 0 aromatic heterocycles. The highest BCUT2D eigenvalue weighted by Gasteiger charge is 2.30. The third-order valence-electron chi connectivity index (χ3n) is 4.09. The van der Waals surface area contributed by atoms with Gasteiger partial charge < -0.3 is 10.0 Å². The van der Waals surface area contributed by atoms with Gasteiger partial charge in [-0.05, 0) is 49.3 Å². The first-order chi connectivity index (χ1) is 7.99. The van der Waals surface area contributed by atoms with E-state index in [1.807, 2.05) is 0 Å². The molecule has 1 heterocycles. The van der Waals surface area contributed by atoms with E-state index < -0.39 is 0 Å². The molecule has 1 aliphatic rings. The summed E-state index contributed by atoms with van der Waals surface area (Å²) < 4.78 is 0. The second kappa shape index (κ2) is 7.01. The van der Waals surface area contributed by atoms with E-state index >= 15 is 0 Å². The number of nitrogens with zero attached hydrogens (tertiary/aromatic N) is 1. The Morgan fingerprint density at radius 3 is 2.65 bits per heavy atom. The number of aliphatic hydroxyl groups is 1. The van der Waals surface area contributed by atoms with E-state index in [1.54, 1.807) is 0 Å². The van der Waals surface area contributed by atoms with Gasteiger partial charge in [0, 0.05) is 19.2 Å². The van der Waals surface area contributed by atoms with Crippen LogP contribution >= 0.6 is 12.6 Å². The van der Waals surface area contributed by atoms with E-state index in [-0.39, 0.29) is 0 Å². The molecule has 0 aromatic rings. The smallest absolute Gasteiger partial charge is 0.0431 e. The molecule has 1 fully saturated rings. The molecule has 102 valence electrons. The third kappa shape index (κ3) is 4.80. The molecule has 0 saturated carbocycles. The van der Waals surface area contributed by atoms with Crippen molar-refractivity contribution < 1.29 is 5.11 Å². The van der Waals surface area contributed by atoms with Gasteiger partial charge in [0.25, 0.3) is 0 Å². The number of aliphatic hydroxyl groups excluding tert-OH is 1. The largest absolute Gasteiger partial charge is 0.396 e. The molecule has 2 unspecified atom stereocenters. The molecule has 1 aliphatic heterocycles. The Morgan fingerprint density at radius 1 is 1.41 bits per heavy atom. The van der Waals surface area contributed by atoms with E-state index in [0.29, 0.717) is 24.0 Å². The summed E-state index contributed by atoms with van der Waals surface area (Å²) >= 11 is 4.52. The fraction of sp³-hybridized carbons (Fsp3) is 1.00. The number of likely N-dealkylation sites (tertiary alicyclic amines) is 1. The van der Waals surface area contributed by atoms with Crippen molar-refractivity contribution in [2.75, 3.05) is 25.4 Å². The number of thiol groups is 1. The van der Waals surface area contributed by atoms with Crippen LogP contribution in [0.15, 0.2) is 0 Å². The van der Waals surface area contributed by atoms with E-state index in [1.165, 1.54) is 25.9 Å². The Labute approximate surface area is 112 Å². The summed E-state index contributed by atoms with van der Waals surface area (Å²) in [6.45, 7) is 9.67. The summed E-state index contributed by atoms with van der Waals surface area (Å²) in [7, 11) is 0. The third-order valence-corrected chi connectivity index (χ3v) is 4.54. The van der Waals surface area contributed by atoms with E-state index in [4.69, 9.17) is 5.11 Å². The maximum atomic E-state index is 8.94. The van der Waals surface area contributed by atoms with Crippen molar-refractivity contribution in [1.82, 2.24) is 4.90 Å². The molecule has 3 heteroatoms. The molecular weight excluding hydrogens is 230 g/mol. The molecule has 0 spiro atoms. The average Bonchev–Trinajstić information content (AvgIpc) is 2.68. The van der Waals surface area contributed by atoms with Crippen LogP contribution in [0.5, 0.6) is 0 Å². The average molecular weight is 259 g/mol. The zero-order valence-electron chi connectivity index (χ0n) is 11.7. The fourth-order valence-electron chi connectivity index (χ4n) is 2.68. The molecule has 0 radical (unpaired) electrons. The highest BCUT2D eigenvalue weighted by molar-refractivity contribution is 7.80. The van der Waals surface area contributed by atoms with Crippen LogP contribution in [0, 0.1) is 11.3 Å². The zero-order chi connectivity index (χ0) is 12.9. The van der Waals surface area contributed by atoms with Gasteiger partial charge in [-0.15, -0.1) is 0 Å². The van der Waals surface area contributed by atoms with Crippen LogP contribution in [-0.2, 0) is 0 Å². The minimum absolute atomic E-state index is 0.333. The van der Waals surface area contributed by atoms with Gasteiger partial charge in [-0.25, -0.2) is 0 Å². The van der Waals surface area contributed by atoms with Gasteiger partial charge in [0.1, 0.15) is 0 Å². The highest BCUT2D eigenvalue weighted by Crippen LogP contribution is 2.31. The second-order valence-electron chi connectivity index (χ2n) is 6.40. The molecule has 1 N–H and O–H groups in total. The fourth-order valence-corrected chi connectivity index (χ4v) is 3.34. The Kier molecular flexibility index (Phi) is 6.32. The second-order valence-corrected chi connectivity index (χ2v) is 6.77. The molecule has 0 amide bonds. The van der Waals surface area contributed by atoms with Crippen LogP contribution in [0.4, 0.5) is 0 Å². The summed E-state index contributed by atoms with van der Waals surface area (Å²) in [5.41, 5.74) is 0.339. The molecule has 2 nitrogen and oxygen atoms in total. The predicted molar refractivity (Wildman–Crippen MR) is 77.7 cm³/mol. The minimum atomic E-state index is 0.333. The molecule has 1 rings (SSSR count). The van der Waals surface area contributed by atoms with Crippen molar-refractivity contribution in [2.45, 2.75) is 52.5 Å². The van der Waals surface area contributed by atoms with Gasteiger partial charge in [-0.3, -0.25) is 0 Å². The van der Waals surface area contributed by atoms with Crippen molar-refractivity contribution in [3.8, 4) is 0 Å². The maximum absolute atomic E-state index is 8.94. The van der Waals surface area contributed by atoms with Crippen LogP contribution < -0.4 is 0 Å². The molecular formula is C14H29NOS. The lowest BCUT2D eigenvalue weighted by atomic mass is 9.81. The Hall–Kier alpha value is 0.270. The van der Waals surface area contributed by atoms with Crippen molar-refractivity contribution in [3.63, 3.8) is 0 Å². The van der Waals surface area contributed by atoms with Crippen molar-refractivity contribution in [2.24, 2.45) is 11.3 Å². The van der Waals surface area contributed by atoms with Crippen molar-refractivity contribution in [3.05, 3.63) is 0 Å². The highest BCUT2D eigenvalue weighted by atomic mass is 32.1. The molecule has 0 aliphatic carbocycles. The lowest BCUT2D eigenvalue weighted by Gasteiger charge is -2.35. The number of hydrogen-bond acceptors (Lipinski definition) is 3. The van der Waals surface area contributed by atoms with Crippen LogP contribution in [-0.4, -0.2) is 41.5 Å². The number of hydrogen-bond donors (Lipinski definition) is 2. The monoisotopic (exact) mass is 259 g/mol. The van der Waals surface area contributed by atoms with Gasteiger partial charge in [-0.1, -0.05) is 20.8 Å². The molecule has 0 bridgehead atoms. The van der Waals surface area contributed by atoms with Gasteiger partial charge in [0.2, 0.25) is 0 Å². The first-order valence-corrected chi connectivity index (χ1v) is 7.58. The Balaban J connectivity index is 2.48. The summed E-state index contributed by atoms with van der Waals surface area (Å²) in [6.07, 6.45) is 4.73. The first kappa shape index (κ1) is 15.3. The normalized spacial score (nSPS) is 24.2. The minimum Gasteiger partial charge on any atom is -0.396 e. The van der Waals surface area contributed by atoms with E-state index in [9.17, 15) is 0 Å². The lowest BCUT2D eigenvalue weighted by Crippen LogP contribution is -2.39. The molecule has 0 aromatic carbocycles. The molecule has 17 heavy (non-hydrogen) atoms. The van der Waals surface area contributed by atoms with Crippen LogP contribution in [0.25, 0.3) is 0 Å². The SMILES string of the molecule is CC(C)(C)C(CS)CN1CCCC1CCCO. The van der Waals surface area contributed by atoms with E-state index in [2.05, 4.69) is 38.3 Å². The van der Waals surface area contributed by atoms with Crippen LogP contribution in [0.3, 0.4) is 0 Å². The molecule has 2 atom stereocenters. The van der Waals surface area contributed by atoms with E-state index in [0.717, 1.165) is 18.6 Å². The lowest BCUT2D eigenvalue weighted by molar-refractivity contribution is 0.145. The summed E-state index contributed by atoms with van der Waals surface area (Å²) in [6, 6.07) is 0.701. The Bertz CT molecular complexity index is 215. The Morgan fingerprint density at radius 2 is 2.12 bits per heavy atom.